The van der Waals surface area contributed by atoms with Gasteiger partial charge in [-0.15, -0.1) is 11.3 Å². The van der Waals surface area contributed by atoms with E-state index < -0.39 is 21.3 Å². The maximum absolute atomic E-state index is 12.4. The van der Waals surface area contributed by atoms with Crippen LogP contribution in [0.15, 0.2) is 24.3 Å². The van der Waals surface area contributed by atoms with Gasteiger partial charge in [0, 0.05) is 10.4 Å². The van der Waals surface area contributed by atoms with Crippen molar-refractivity contribution in [2.24, 2.45) is 5.41 Å². The van der Waals surface area contributed by atoms with Gasteiger partial charge in [-0.1, -0.05) is 0 Å². The number of anilines is 2. The molecule has 1 N–H and O–H groups in total. The number of aryl methyl sites for hydroxylation is 2. The first-order chi connectivity index (χ1) is 12.0. The van der Waals surface area contributed by atoms with E-state index in [4.69, 9.17) is 0 Å². The van der Waals surface area contributed by atoms with Gasteiger partial charge in [0.1, 0.15) is 0 Å². The summed E-state index contributed by atoms with van der Waals surface area (Å²) in [5.74, 6) is -1.05. The lowest BCUT2D eigenvalue weighted by atomic mass is 9.95. The topological polar surface area (TPSA) is 96.4 Å². The highest BCUT2D eigenvalue weighted by atomic mass is 32.2. The lowest BCUT2D eigenvalue weighted by molar-refractivity contribution is -0.123. The zero-order valence-corrected chi connectivity index (χ0v) is 16.5. The van der Waals surface area contributed by atoms with E-state index in [1.807, 2.05) is 13.8 Å². The van der Waals surface area contributed by atoms with Crippen LogP contribution in [0.1, 0.15) is 34.8 Å². The first-order valence-corrected chi connectivity index (χ1v) is 10.4. The van der Waals surface area contributed by atoms with Crippen molar-refractivity contribution in [3.8, 4) is 0 Å². The second-order valence-electron chi connectivity index (χ2n) is 6.87. The van der Waals surface area contributed by atoms with E-state index in [-0.39, 0.29) is 17.3 Å². The van der Waals surface area contributed by atoms with Crippen LogP contribution in [0.3, 0.4) is 0 Å². The zero-order valence-electron chi connectivity index (χ0n) is 14.9. The molecule has 1 aliphatic rings. The SMILES string of the molecule is Cc1nc(NC(=O)c2ccc(N3C(=O)C(C)(C)CS3(=O)=O)cc2)sc1C. The molecule has 0 saturated carbocycles. The van der Waals surface area contributed by atoms with E-state index in [1.165, 1.54) is 35.6 Å². The van der Waals surface area contributed by atoms with Crippen molar-refractivity contribution in [1.29, 1.82) is 0 Å². The molecule has 0 bridgehead atoms. The van der Waals surface area contributed by atoms with Crippen LogP contribution in [0.4, 0.5) is 10.8 Å². The molecule has 2 heterocycles. The van der Waals surface area contributed by atoms with Crippen molar-refractivity contribution < 1.29 is 18.0 Å². The number of sulfonamides is 1. The Labute approximate surface area is 156 Å². The number of hydrogen-bond acceptors (Lipinski definition) is 6. The van der Waals surface area contributed by atoms with Gasteiger partial charge >= 0.3 is 0 Å². The zero-order chi connectivity index (χ0) is 19.3. The Morgan fingerprint density at radius 1 is 1.23 bits per heavy atom. The first kappa shape index (κ1) is 18.5. The molecule has 1 aromatic carbocycles. The van der Waals surface area contributed by atoms with E-state index in [2.05, 4.69) is 10.3 Å². The minimum atomic E-state index is -3.71. The third kappa shape index (κ3) is 3.24. The third-order valence-electron chi connectivity index (χ3n) is 4.20. The Kier molecular flexibility index (Phi) is 4.40. The molecular weight excluding hydrogens is 374 g/mol. The average Bonchev–Trinajstić information content (AvgIpc) is 2.92. The molecule has 26 heavy (non-hydrogen) atoms. The third-order valence-corrected chi connectivity index (χ3v) is 7.21. The molecule has 0 radical (unpaired) electrons. The average molecular weight is 393 g/mol. The van der Waals surface area contributed by atoms with Crippen molar-refractivity contribution in [2.75, 3.05) is 15.4 Å². The molecule has 0 spiro atoms. The monoisotopic (exact) mass is 393 g/mol. The molecule has 0 atom stereocenters. The minimum Gasteiger partial charge on any atom is -0.298 e. The normalized spacial score (nSPS) is 18.2. The van der Waals surface area contributed by atoms with Crippen LogP contribution in [0.5, 0.6) is 0 Å². The predicted molar refractivity (Wildman–Crippen MR) is 101 cm³/mol. The van der Waals surface area contributed by atoms with Crippen LogP contribution in [0.25, 0.3) is 0 Å². The highest BCUT2D eigenvalue weighted by molar-refractivity contribution is 7.94. The number of carbonyl (C=O) groups excluding carboxylic acids is 2. The lowest BCUT2D eigenvalue weighted by Gasteiger charge is -2.17. The van der Waals surface area contributed by atoms with Crippen LogP contribution < -0.4 is 9.62 Å². The summed E-state index contributed by atoms with van der Waals surface area (Å²) < 4.78 is 25.4. The smallest absolute Gasteiger partial charge is 0.257 e. The molecule has 0 unspecified atom stereocenters. The number of thiazole rings is 1. The summed E-state index contributed by atoms with van der Waals surface area (Å²) >= 11 is 1.39. The second kappa shape index (κ2) is 6.17. The molecule has 2 aromatic rings. The second-order valence-corrected chi connectivity index (χ2v) is 9.89. The van der Waals surface area contributed by atoms with Crippen LogP contribution in [0.2, 0.25) is 0 Å². The molecule has 1 saturated heterocycles. The summed E-state index contributed by atoms with van der Waals surface area (Å²) in [5.41, 5.74) is 0.483. The molecule has 1 aromatic heterocycles. The van der Waals surface area contributed by atoms with Gasteiger partial charge in [-0.25, -0.2) is 17.7 Å². The van der Waals surface area contributed by atoms with Gasteiger partial charge in [0.05, 0.1) is 22.5 Å². The molecular formula is C17H19N3O4S2. The molecule has 3 rings (SSSR count). The van der Waals surface area contributed by atoms with E-state index in [0.29, 0.717) is 10.7 Å². The predicted octanol–water partition coefficient (Wildman–Crippen LogP) is 2.71. The fourth-order valence-corrected chi connectivity index (χ4v) is 5.62. The van der Waals surface area contributed by atoms with Gasteiger partial charge in [0.15, 0.2) is 5.13 Å². The molecule has 0 aliphatic carbocycles. The van der Waals surface area contributed by atoms with E-state index >= 15 is 0 Å². The Bertz CT molecular complexity index is 972. The standard InChI is InChI=1S/C17H19N3O4S2/c1-10-11(2)25-16(18-10)19-14(21)12-5-7-13(8-6-12)20-15(22)17(3,4)9-26(20,23)24/h5-8H,9H2,1-4H3,(H,18,19,21). The van der Waals surface area contributed by atoms with Gasteiger partial charge in [0.2, 0.25) is 15.9 Å². The minimum absolute atomic E-state index is 0.232. The number of benzene rings is 1. The Balaban J connectivity index is 1.82. The van der Waals surface area contributed by atoms with Crippen molar-refractivity contribution in [3.05, 3.63) is 40.4 Å². The van der Waals surface area contributed by atoms with Crippen molar-refractivity contribution in [1.82, 2.24) is 4.98 Å². The van der Waals surface area contributed by atoms with E-state index in [9.17, 15) is 18.0 Å². The maximum Gasteiger partial charge on any atom is 0.257 e. The van der Waals surface area contributed by atoms with Crippen LogP contribution in [-0.4, -0.2) is 31.0 Å². The summed E-state index contributed by atoms with van der Waals surface area (Å²) in [6.07, 6.45) is 0. The number of hydrogen-bond donors (Lipinski definition) is 1. The summed E-state index contributed by atoms with van der Waals surface area (Å²) in [5, 5.41) is 3.22. The van der Waals surface area contributed by atoms with E-state index in [1.54, 1.807) is 13.8 Å². The molecule has 2 amide bonds. The largest absolute Gasteiger partial charge is 0.298 e. The highest BCUT2D eigenvalue weighted by Crippen LogP contribution is 2.35. The lowest BCUT2D eigenvalue weighted by Crippen LogP contribution is -2.32. The van der Waals surface area contributed by atoms with Gasteiger partial charge in [-0.05, 0) is 52.0 Å². The van der Waals surface area contributed by atoms with Gasteiger partial charge < -0.3 is 0 Å². The van der Waals surface area contributed by atoms with Crippen molar-refractivity contribution >= 4 is 44.0 Å². The van der Waals surface area contributed by atoms with Crippen LogP contribution in [0, 0.1) is 19.3 Å². The number of carbonyl (C=O) groups is 2. The number of amides is 2. The first-order valence-electron chi connectivity index (χ1n) is 7.94. The van der Waals surface area contributed by atoms with Crippen molar-refractivity contribution in [2.45, 2.75) is 27.7 Å². The Hall–Kier alpha value is -2.26. The fourth-order valence-electron chi connectivity index (χ4n) is 2.71. The Morgan fingerprint density at radius 2 is 1.85 bits per heavy atom. The summed E-state index contributed by atoms with van der Waals surface area (Å²) in [6.45, 7) is 7.00. The van der Waals surface area contributed by atoms with Crippen molar-refractivity contribution in [3.63, 3.8) is 0 Å². The van der Waals surface area contributed by atoms with Crippen LogP contribution in [-0.2, 0) is 14.8 Å². The molecule has 7 nitrogen and oxygen atoms in total. The maximum atomic E-state index is 12.4. The summed E-state index contributed by atoms with van der Waals surface area (Å²) in [6, 6.07) is 5.91. The Morgan fingerprint density at radius 3 is 2.31 bits per heavy atom. The number of rotatable bonds is 3. The molecule has 138 valence electrons. The fraction of sp³-hybridized carbons (Fsp3) is 0.353. The van der Waals surface area contributed by atoms with Gasteiger partial charge in [-0.2, -0.15) is 0 Å². The van der Waals surface area contributed by atoms with E-state index in [0.717, 1.165) is 14.9 Å². The molecule has 1 fully saturated rings. The highest BCUT2D eigenvalue weighted by Gasteiger charge is 2.49. The van der Waals surface area contributed by atoms with Gasteiger partial charge in [-0.3, -0.25) is 14.9 Å². The quantitative estimate of drug-likeness (QED) is 0.865. The van der Waals surface area contributed by atoms with Crippen LogP contribution >= 0.6 is 11.3 Å². The molecule has 9 heteroatoms. The number of nitrogens with zero attached hydrogens (tertiary/aromatic N) is 2. The number of nitrogens with one attached hydrogen (secondary N) is 1. The number of aromatic nitrogens is 1. The van der Waals surface area contributed by atoms with Gasteiger partial charge in [0.25, 0.3) is 5.91 Å². The molecule has 1 aliphatic heterocycles. The summed E-state index contributed by atoms with van der Waals surface area (Å²) in [4.78, 5) is 30.0. The summed E-state index contributed by atoms with van der Waals surface area (Å²) in [7, 11) is -3.71.